The third kappa shape index (κ3) is 4.50. The Morgan fingerprint density at radius 2 is 1.81 bits per heavy atom. The standard InChI is InChI=1S/C23H25N5O2S2/c1-4-28(5-2)32(29,30)18-11-13-23(24-15-18)27-26-16(3)17-10-12-22-20(14-17)25-19-8-6-7-9-21(19)31-22/h6-15,25H,4-5H2,1-3H3,(H,24,27). The number of nitrogens with zero attached hydrogens (tertiary/aromatic N) is 3. The number of hydrogen-bond acceptors (Lipinski definition) is 7. The van der Waals surface area contributed by atoms with Crippen LogP contribution in [0.4, 0.5) is 17.2 Å². The van der Waals surface area contributed by atoms with Crippen LogP contribution < -0.4 is 10.7 Å². The molecule has 0 radical (unpaired) electrons. The van der Waals surface area contributed by atoms with E-state index in [1.807, 2.05) is 39.0 Å². The lowest BCUT2D eigenvalue weighted by Gasteiger charge is -2.21. The van der Waals surface area contributed by atoms with Gasteiger partial charge in [0.1, 0.15) is 10.7 Å². The van der Waals surface area contributed by atoms with E-state index in [9.17, 15) is 8.42 Å². The number of para-hydroxylation sites is 1. The van der Waals surface area contributed by atoms with Crippen LogP contribution in [0.3, 0.4) is 0 Å². The van der Waals surface area contributed by atoms with Gasteiger partial charge in [0, 0.05) is 29.1 Å². The van der Waals surface area contributed by atoms with Gasteiger partial charge in [-0.05, 0) is 48.9 Å². The Labute approximate surface area is 193 Å². The molecule has 0 unspecified atom stereocenters. The number of aromatic nitrogens is 1. The maximum absolute atomic E-state index is 12.6. The number of pyridine rings is 1. The summed E-state index contributed by atoms with van der Waals surface area (Å²) in [5.74, 6) is 0.475. The van der Waals surface area contributed by atoms with Crippen molar-refractivity contribution in [1.29, 1.82) is 0 Å². The van der Waals surface area contributed by atoms with E-state index in [1.165, 1.54) is 20.3 Å². The molecule has 0 saturated carbocycles. The van der Waals surface area contributed by atoms with Gasteiger partial charge in [-0.15, -0.1) is 0 Å². The van der Waals surface area contributed by atoms with Crippen LogP contribution in [0.2, 0.25) is 0 Å². The second-order valence-corrected chi connectivity index (χ2v) is 10.2. The summed E-state index contributed by atoms with van der Waals surface area (Å²) in [4.78, 5) is 6.76. The van der Waals surface area contributed by atoms with Gasteiger partial charge in [0.2, 0.25) is 10.0 Å². The maximum Gasteiger partial charge on any atom is 0.244 e. The highest BCUT2D eigenvalue weighted by Crippen LogP contribution is 2.44. The average molecular weight is 468 g/mol. The highest BCUT2D eigenvalue weighted by Gasteiger charge is 2.21. The quantitative estimate of drug-likeness (QED) is 0.289. The van der Waals surface area contributed by atoms with E-state index < -0.39 is 10.0 Å². The van der Waals surface area contributed by atoms with E-state index in [-0.39, 0.29) is 4.90 Å². The van der Waals surface area contributed by atoms with Crippen molar-refractivity contribution in [2.45, 2.75) is 35.5 Å². The number of benzene rings is 2. The second-order valence-electron chi connectivity index (χ2n) is 7.21. The van der Waals surface area contributed by atoms with Crippen molar-refractivity contribution in [1.82, 2.24) is 9.29 Å². The molecule has 0 bridgehead atoms. The highest BCUT2D eigenvalue weighted by atomic mass is 32.2. The summed E-state index contributed by atoms with van der Waals surface area (Å²) in [7, 11) is -3.52. The van der Waals surface area contributed by atoms with Crippen molar-refractivity contribution in [3.05, 3.63) is 66.4 Å². The van der Waals surface area contributed by atoms with E-state index in [4.69, 9.17) is 0 Å². The molecule has 0 spiro atoms. The molecule has 1 aliphatic rings. The maximum atomic E-state index is 12.6. The Bertz CT molecular complexity index is 1250. The molecule has 3 aromatic rings. The Hall–Kier alpha value is -2.88. The summed E-state index contributed by atoms with van der Waals surface area (Å²) in [5, 5.41) is 7.91. The fourth-order valence-corrected chi connectivity index (χ4v) is 5.75. The summed E-state index contributed by atoms with van der Waals surface area (Å²) in [6.07, 6.45) is 1.36. The smallest absolute Gasteiger partial charge is 0.244 e. The molecule has 2 aromatic carbocycles. The first-order chi connectivity index (χ1) is 15.4. The molecule has 2 N–H and O–H groups in total. The SMILES string of the molecule is CCN(CC)S(=O)(=O)c1ccc(NN=C(C)c2ccc3c(c2)Nc2ccccc2S3)nc1. The predicted molar refractivity (Wildman–Crippen MR) is 130 cm³/mol. The number of hydrazone groups is 1. The number of fused-ring (bicyclic) bond motifs is 2. The normalized spacial score (nSPS) is 13.3. The molecular formula is C23H25N5O2S2. The minimum Gasteiger partial charge on any atom is -0.354 e. The number of rotatable bonds is 7. The van der Waals surface area contributed by atoms with Crippen molar-refractivity contribution in [3.63, 3.8) is 0 Å². The third-order valence-corrected chi connectivity index (χ3v) is 8.38. The Morgan fingerprint density at radius 1 is 1.06 bits per heavy atom. The first-order valence-electron chi connectivity index (χ1n) is 10.4. The summed E-state index contributed by atoms with van der Waals surface area (Å²) in [6, 6.07) is 17.6. The van der Waals surface area contributed by atoms with Crippen LogP contribution in [-0.2, 0) is 10.0 Å². The molecule has 1 aromatic heterocycles. The second kappa shape index (κ2) is 9.32. The minimum atomic E-state index is -3.52. The van der Waals surface area contributed by atoms with E-state index in [0.29, 0.717) is 18.9 Å². The lowest BCUT2D eigenvalue weighted by molar-refractivity contribution is 0.445. The molecule has 4 rings (SSSR count). The van der Waals surface area contributed by atoms with Gasteiger partial charge in [0.15, 0.2) is 0 Å². The van der Waals surface area contributed by atoms with Crippen molar-refractivity contribution in [3.8, 4) is 0 Å². The molecule has 2 heterocycles. The van der Waals surface area contributed by atoms with Gasteiger partial charge in [-0.3, -0.25) is 5.43 Å². The van der Waals surface area contributed by atoms with Crippen LogP contribution in [-0.4, -0.2) is 36.5 Å². The fourth-order valence-electron chi connectivity index (χ4n) is 3.38. The lowest BCUT2D eigenvalue weighted by atomic mass is 10.1. The molecule has 166 valence electrons. The van der Waals surface area contributed by atoms with Crippen LogP contribution in [0.5, 0.6) is 0 Å². The fraction of sp³-hybridized carbons (Fsp3) is 0.217. The van der Waals surface area contributed by atoms with Crippen molar-refractivity contribution < 1.29 is 8.42 Å². The van der Waals surface area contributed by atoms with Crippen LogP contribution >= 0.6 is 11.8 Å². The van der Waals surface area contributed by atoms with Gasteiger partial charge in [-0.1, -0.05) is 43.8 Å². The van der Waals surface area contributed by atoms with Crippen molar-refractivity contribution in [2.24, 2.45) is 5.10 Å². The van der Waals surface area contributed by atoms with Crippen molar-refractivity contribution in [2.75, 3.05) is 23.8 Å². The Morgan fingerprint density at radius 3 is 2.53 bits per heavy atom. The lowest BCUT2D eigenvalue weighted by Crippen LogP contribution is -2.30. The van der Waals surface area contributed by atoms with Gasteiger partial charge in [-0.25, -0.2) is 13.4 Å². The predicted octanol–water partition coefficient (Wildman–Crippen LogP) is 5.16. The zero-order valence-electron chi connectivity index (χ0n) is 18.2. The summed E-state index contributed by atoms with van der Waals surface area (Å²) < 4.78 is 26.6. The first kappa shape index (κ1) is 22.3. The zero-order valence-corrected chi connectivity index (χ0v) is 19.8. The topological polar surface area (TPSA) is 86.7 Å². The molecule has 9 heteroatoms. The highest BCUT2D eigenvalue weighted by molar-refractivity contribution is 7.99. The Kier molecular flexibility index (Phi) is 6.50. The summed E-state index contributed by atoms with van der Waals surface area (Å²) in [6.45, 7) is 6.38. The summed E-state index contributed by atoms with van der Waals surface area (Å²) in [5.41, 5.74) is 6.83. The number of anilines is 3. The van der Waals surface area contributed by atoms with Gasteiger partial charge in [0.05, 0.1) is 17.1 Å². The Balaban J connectivity index is 1.48. The number of hydrogen-bond donors (Lipinski definition) is 2. The van der Waals surface area contributed by atoms with Gasteiger partial charge >= 0.3 is 0 Å². The zero-order chi connectivity index (χ0) is 22.7. The van der Waals surface area contributed by atoms with Crippen LogP contribution in [0.25, 0.3) is 0 Å². The minimum absolute atomic E-state index is 0.172. The number of sulfonamides is 1. The van der Waals surface area contributed by atoms with Gasteiger partial charge in [0.25, 0.3) is 0 Å². The molecule has 1 aliphatic heterocycles. The molecule has 7 nitrogen and oxygen atoms in total. The van der Waals surface area contributed by atoms with Crippen LogP contribution in [0.1, 0.15) is 26.3 Å². The average Bonchev–Trinajstić information content (AvgIpc) is 2.81. The largest absolute Gasteiger partial charge is 0.354 e. The van der Waals surface area contributed by atoms with E-state index in [0.717, 1.165) is 22.6 Å². The van der Waals surface area contributed by atoms with E-state index in [1.54, 1.807) is 23.9 Å². The van der Waals surface area contributed by atoms with Gasteiger partial charge in [-0.2, -0.15) is 9.41 Å². The molecule has 0 fully saturated rings. The van der Waals surface area contributed by atoms with Crippen LogP contribution in [0.15, 0.2) is 80.6 Å². The van der Waals surface area contributed by atoms with E-state index >= 15 is 0 Å². The van der Waals surface area contributed by atoms with Crippen LogP contribution in [0, 0.1) is 0 Å². The molecule has 0 saturated heterocycles. The van der Waals surface area contributed by atoms with Gasteiger partial charge < -0.3 is 5.32 Å². The molecule has 0 amide bonds. The monoisotopic (exact) mass is 467 g/mol. The van der Waals surface area contributed by atoms with E-state index in [2.05, 4.69) is 45.1 Å². The molecule has 0 aliphatic carbocycles. The molecule has 0 atom stereocenters. The molecular weight excluding hydrogens is 442 g/mol. The van der Waals surface area contributed by atoms with Crippen molar-refractivity contribution >= 4 is 44.7 Å². The summed E-state index contributed by atoms with van der Waals surface area (Å²) >= 11 is 1.74. The molecule has 32 heavy (non-hydrogen) atoms. The third-order valence-electron chi connectivity index (χ3n) is 5.19. The first-order valence-corrected chi connectivity index (χ1v) is 12.6. The number of nitrogens with one attached hydrogen (secondary N) is 2.